The van der Waals surface area contributed by atoms with Crippen LogP contribution < -0.4 is 5.73 Å². The molecule has 19 heavy (non-hydrogen) atoms. The highest BCUT2D eigenvalue weighted by molar-refractivity contribution is 5.95. The summed E-state index contributed by atoms with van der Waals surface area (Å²) in [5.74, 6) is -1.19. The molecule has 1 rings (SSSR count). The SMILES string of the molecule is COC(=O)c1cccc(C(=O)OCCOC(N)=O)c1. The summed E-state index contributed by atoms with van der Waals surface area (Å²) in [5, 5.41) is 0. The van der Waals surface area contributed by atoms with Crippen LogP contribution >= 0.6 is 0 Å². The minimum atomic E-state index is -0.941. The van der Waals surface area contributed by atoms with E-state index in [4.69, 9.17) is 10.5 Å². The number of ether oxygens (including phenoxy) is 3. The summed E-state index contributed by atoms with van der Waals surface area (Å²) in [6.07, 6.45) is -0.941. The molecule has 0 unspecified atom stereocenters. The first-order chi connectivity index (χ1) is 9.04. The number of carbonyl (C=O) groups is 3. The van der Waals surface area contributed by atoms with Crippen LogP contribution in [-0.2, 0) is 14.2 Å². The highest BCUT2D eigenvalue weighted by Crippen LogP contribution is 2.08. The van der Waals surface area contributed by atoms with Gasteiger partial charge in [0, 0.05) is 0 Å². The van der Waals surface area contributed by atoms with Gasteiger partial charge in [-0.2, -0.15) is 0 Å². The van der Waals surface area contributed by atoms with E-state index < -0.39 is 18.0 Å². The van der Waals surface area contributed by atoms with Crippen LogP contribution in [0.5, 0.6) is 0 Å². The maximum absolute atomic E-state index is 11.6. The lowest BCUT2D eigenvalue weighted by atomic mass is 10.1. The zero-order valence-electron chi connectivity index (χ0n) is 10.3. The number of hydrogen-bond acceptors (Lipinski definition) is 6. The van der Waals surface area contributed by atoms with Crippen molar-refractivity contribution >= 4 is 18.0 Å². The fourth-order valence-corrected chi connectivity index (χ4v) is 1.25. The Morgan fingerprint density at radius 1 is 1.05 bits per heavy atom. The number of benzene rings is 1. The maximum Gasteiger partial charge on any atom is 0.404 e. The molecule has 0 aromatic heterocycles. The van der Waals surface area contributed by atoms with Gasteiger partial charge in [-0.15, -0.1) is 0 Å². The molecule has 0 radical (unpaired) electrons. The van der Waals surface area contributed by atoms with Crippen LogP contribution in [0.15, 0.2) is 24.3 Å². The van der Waals surface area contributed by atoms with Gasteiger partial charge in [0.25, 0.3) is 0 Å². The Kier molecular flexibility index (Phi) is 5.34. The number of carbonyl (C=O) groups excluding carboxylic acids is 3. The standard InChI is InChI=1S/C12H13NO6/c1-17-10(14)8-3-2-4-9(7-8)11(15)18-5-6-19-12(13)16/h2-4,7H,5-6H2,1H3,(H2,13,16). The Morgan fingerprint density at radius 2 is 1.63 bits per heavy atom. The quantitative estimate of drug-likeness (QED) is 0.479. The summed E-state index contributed by atoms with van der Waals surface area (Å²) in [6.45, 7) is -0.248. The third-order valence-electron chi connectivity index (χ3n) is 2.08. The molecule has 0 atom stereocenters. The van der Waals surface area contributed by atoms with E-state index in [2.05, 4.69) is 9.47 Å². The largest absolute Gasteiger partial charge is 0.465 e. The van der Waals surface area contributed by atoms with Crippen LogP contribution in [-0.4, -0.2) is 38.4 Å². The molecule has 0 aliphatic heterocycles. The summed E-state index contributed by atoms with van der Waals surface area (Å²) in [5.41, 5.74) is 5.17. The molecule has 1 aromatic carbocycles. The van der Waals surface area contributed by atoms with E-state index in [1.54, 1.807) is 0 Å². The summed E-state index contributed by atoms with van der Waals surface area (Å²) in [4.78, 5) is 33.2. The molecule has 1 amide bonds. The van der Waals surface area contributed by atoms with Crippen LogP contribution in [0.4, 0.5) is 4.79 Å². The average Bonchev–Trinajstić information content (AvgIpc) is 2.42. The normalized spacial score (nSPS) is 9.53. The summed E-state index contributed by atoms with van der Waals surface area (Å²) in [6, 6.07) is 5.88. The molecule has 0 fully saturated rings. The number of amides is 1. The smallest absolute Gasteiger partial charge is 0.404 e. The van der Waals surface area contributed by atoms with Crippen molar-refractivity contribution in [1.82, 2.24) is 0 Å². The third-order valence-corrected chi connectivity index (χ3v) is 2.08. The van der Waals surface area contributed by atoms with E-state index in [0.29, 0.717) is 0 Å². The number of rotatable bonds is 5. The second kappa shape index (κ2) is 7.00. The van der Waals surface area contributed by atoms with E-state index in [1.165, 1.54) is 31.4 Å². The van der Waals surface area contributed by atoms with Crippen molar-refractivity contribution in [3.05, 3.63) is 35.4 Å². The lowest BCUT2D eigenvalue weighted by Crippen LogP contribution is -2.18. The topological polar surface area (TPSA) is 105 Å². The second-order valence-electron chi connectivity index (χ2n) is 3.38. The van der Waals surface area contributed by atoms with Gasteiger partial charge in [-0.3, -0.25) is 0 Å². The van der Waals surface area contributed by atoms with Gasteiger partial charge in [0.05, 0.1) is 18.2 Å². The molecule has 1 aromatic rings. The minimum absolute atomic E-state index is 0.121. The molecule has 7 heteroatoms. The van der Waals surface area contributed by atoms with Gasteiger partial charge in [-0.05, 0) is 18.2 Å². The van der Waals surface area contributed by atoms with Gasteiger partial charge in [0.1, 0.15) is 13.2 Å². The first-order valence-corrected chi connectivity index (χ1v) is 5.32. The first kappa shape index (κ1) is 14.5. The molecule has 102 valence electrons. The Morgan fingerprint density at radius 3 is 2.21 bits per heavy atom. The Labute approximate surface area is 109 Å². The monoisotopic (exact) mass is 267 g/mol. The van der Waals surface area contributed by atoms with Gasteiger partial charge in [0.2, 0.25) is 0 Å². The van der Waals surface area contributed by atoms with Crippen LogP contribution in [0.25, 0.3) is 0 Å². The highest BCUT2D eigenvalue weighted by atomic mass is 16.6. The molecular weight excluding hydrogens is 254 g/mol. The minimum Gasteiger partial charge on any atom is -0.465 e. The lowest BCUT2D eigenvalue weighted by molar-refractivity contribution is 0.0408. The van der Waals surface area contributed by atoms with Gasteiger partial charge in [-0.1, -0.05) is 6.07 Å². The van der Waals surface area contributed by atoms with Crippen molar-refractivity contribution in [2.45, 2.75) is 0 Å². The van der Waals surface area contributed by atoms with Crippen molar-refractivity contribution in [3.8, 4) is 0 Å². The van der Waals surface area contributed by atoms with E-state index in [9.17, 15) is 14.4 Å². The number of primary amides is 1. The average molecular weight is 267 g/mol. The van der Waals surface area contributed by atoms with E-state index in [1.807, 2.05) is 0 Å². The highest BCUT2D eigenvalue weighted by Gasteiger charge is 2.11. The van der Waals surface area contributed by atoms with Crippen molar-refractivity contribution in [2.24, 2.45) is 5.73 Å². The molecule has 0 spiro atoms. The first-order valence-electron chi connectivity index (χ1n) is 5.32. The third kappa shape index (κ3) is 4.66. The zero-order chi connectivity index (χ0) is 14.3. The van der Waals surface area contributed by atoms with Crippen molar-refractivity contribution < 1.29 is 28.6 Å². The van der Waals surface area contributed by atoms with Gasteiger partial charge in [-0.25, -0.2) is 14.4 Å². The van der Waals surface area contributed by atoms with Gasteiger partial charge in [0.15, 0.2) is 0 Å². The zero-order valence-corrected chi connectivity index (χ0v) is 10.3. The van der Waals surface area contributed by atoms with Crippen molar-refractivity contribution in [1.29, 1.82) is 0 Å². The molecule has 0 saturated heterocycles. The van der Waals surface area contributed by atoms with Gasteiger partial charge >= 0.3 is 18.0 Å². The molecule has 0 heterocycles. The number of methoxy groups -OCH3 is 1. The molecule has 7 nitrogen and oxygen atoms in total. The second-order valence-corrected chi connectivity index (χ2v) is 3.38. The predicted molar refractivity (Wildman–Crippen MR) is 63.6 cm³/mol. The summed E-state index contributed by atoms with van der Waals surface area (Å²) < 4.78 is 13.8. The Bertz CT molecular complexity index is 485. The van der Waals surface area contributed by atoms with Crippen LogP contribution in [0.1, 0.15) is 20.7 Å². The van der Waals surface area contributed by atoms with Crippen LogP contribution in [0.3, 0.4) is 0 Å². The molecule has 0 bridgehead atoms. The number of nitrogens with two attached hydrogens (primary N) is 1. The summed E-state index contributed by atoms with van der Waals surface area (Å²) in [7, 11) is 1.24. The molecule has 0 saturated carbocycles. The molecule has 0 aliphatic carbocycles. The Hall–Kier alpha value is -2.57. The van der Waals surface area contributed by atoms with Crippen LogP contribution in [0.2, 0.25) is 0 Å². The lowest BCUT2D eigenvalue weighted by Gasteiger charge is -2.06. The Balaban J connectivity index is 2.57. The molecule has 0 aliphatic rings. The predicted octanol–water partition coefficient (Wildman–Crippen LogP) is 0.725. The molecular formula is C12H13NO6. The van der Waals surface area contributed by atoms with Gasteiger partial charge < -0.3 is 19.9 Å². The van der Waals surface area contributed by atoms with Crippen molar-refractivity contribution in [2.75, 3.05) is 20.3 Å². The fraction of sp³-hybridized carbons (Fsp3) is 0.250. The summed E-state index contributed by atoms with van der Waals surface area (Å²) >= 11 is 0. The fourth-order valence-electron chi connectivity index (χ4n) is 1.25. The van der Waals surface area contributed by atoms with Crippen LogP contribution in [0, 0.1) is 0 Å². The van der Waals surface area contributed by atoms with Crippen molar-refractivity contribution in [3.63, 3.8) is 0 Å². The number of hydrogen-bond donors (Lipinski definition) is 1. The molecule has 2 N–H and O–H groups in total. The maximum atomic E-state index is 11.6. The van der Waals surface area contributed by atoms with E-state index >= 15 is 0 Å². The van der Waals surface area contributed by atoms with E-state index in [-0.39, 0.29) is 24.3 Å². The van der Waals surface area contributed by atoms with E-state index in [0.717, 1.165) is 0 Å². The number of esters is 2.